The Morgan fingerprint density at radius 2 is 1.81 bits per heavy atom. The highest BCUT2D eigenvalue weighted by Crippen LogP contribution is 2.20. The maximum atomic E-state index is 12.8. The SMILES string of the molecule is CCCc1c(C(=O)N/N=C(\C)c2ccc(-c3ccccc3)cc2)nnn1-c1nonc1N. The molecule has 0 saturated heterocycles. The Labute approximate surface area is 184 Å². The summed E-state index contributed by atoms with van der Waals surface area (Å²) in [4.78, 5) is 12.8. The van der Waals surface area contributed by atoms with Gasteiger partial charge in [-0.05, 0) is 40.3 Å². The summed E-state index contributed by atoms with van der Waals surface area (Å²) in [7, 11) is 0. The van der Waals surface area contributed by atoms with Crippen molar-refractivity contribution >= 4 is 17.4 Å². The maximum absolute atomic E-state index is 12.8. The van der Waals surface area contributed by atoms with E-state index in [1.165, 1.54) is 4.68 Å². The summed E-state index contributed by atoms with van der Waals surface area (Å²) in [6, 6.07) is 18.1. The summed E-state index contributed by atoms with van der Waals surface area (Å²) in [6.07, 6.45) is 1.29. The summed E-state index contributed by atoms with van der Waals surface area (Å²) in [5.41, 5.74) is 12.8. The van der Waals surface area contributed by atoms with Crippen molar-refractivity contribution in [1.82, 2.24) is 30.7 Å². The van der Waals surface area contributed by atoms with Crippen LogP contribution >= 0.6 is 0 Å². The minimum Gasteiger partial charge on any atom is -0.378 e. The number of carbonyl (C=O) groups excluding carboxylic acids is 1. The first-order chi connectivity index (χ1) is 15.6. The van der Waals surface area contributed by atoms with Gasteiger partial charge in [0.15, 0.2) is 5.69 Å². The average molecular weight is 430 g/mol. The number of hydrogen-bond donors (Lipinski definition) is 2. The number of nitrogens with one attached hydrogen (secondary N) is 1. The molecule has 0 aliphatic rings. The Balaban J connectivity index is 1.52. The van der Waals surface area contributed by atoms with Gasteiger partial charge in [-0.15, -0.1) is 5.10 Å². The predicted molar refractivity (Wildman–Crippen MR) is 119 cm³/mol. The van der Waals surface area contributed by atoms with Gasteiger partial charge in [-0.2, -0.15) is 9.78 Å². The first-order valence-corrected chi connectivity index (χ1v) is 10.1. The Hall–Kier alpha value is -4.34. The highest BCUT2D eigenvalue weighted by Gasteiger charge is 2.23. The van der Waals surface area contributed by atoms with Gasteiger partial charge >= 0.3 is 0 Å². The zero-order valence-corrected chi connectivity index (χ0v) is 17.7. The van der Waals surface area contributed by atoms with Crippen molar-refractivity contribution < 1.29 is 9.42 Å². The van der Waals surface area contributed by atoms with E-state index in [-0.39, 0.29) is 17.3 Å². The lowest BCUT2D eigenvalue weighted by molar-refractivity contribution is 0.0948. The second kappa shape index (κ2) is 9.21. The fourth-order valence-corrected chi connectivity index (χ4v) is 3.23. The number of anilines is 1. The molecule has 10 nitrogen and oxygen atoms in total. The van der Waals surface area contributed by atoms with Crippen molar-refractivity contribution in [2.24, 2.45) is 5.10 Å². The van der Waals surface area contributed by atoms with E-state index in [9.17, 15) is 4.79 Å². The molecule has 2 aromatic carbocycles. The van der Waals surface area contributed by atoms with Crippen LogP contribution in [0.2, 0.25) is 0 Å². The molecule has 0 aliphatic heterocycles. The van der Waals surface area contributed by atoms with Crippen LogP contribution in [0.25, 0.3) is 16.9 Å². The molecule has 2 aromatic heterocycles. The molecule has 1 amide bonds. The van der Waals surface area contributed by atoms with E-state index < -0.39 is 5.91 Å². The Morgan fingerprint density at radius 3 is 2.47 bits per heavy atom. The molecule has 0 fully saturated rings. The van der Waals surface area contributed by atoms with E-state index >= 15 is 0 Å². The third-order valence-corrected chi connectivity index (χ3v) is 4.90. The molecule has 0 atom stereocenters. The molecule has 0 bridgehead atoms. The van der Waals surface area contributed by atoms with Crippen molar-refractivity contribution in [3.05, 3.63) is 71.5 Å². The maximum Gasteiger partial charge on any atom is 0.293 e. The molecule has 162 valence electrons. The number of hydrogen-bond acceptors (Lipinski definition) is 8. The quantitative estimate of drug-likeness (QED) is 0.339. The van der Waals surface area contributed by atoms with Crippen LogP contribution in [0.15, 0.2) is 64.3 Å². The van der Waals surface area contributed by atoms with Crippen molar-refractivity contribution in [3.8, 4) is 16.9 Å². The van der Waals surface area contributed by atoms with Crippen LogP contribution in [0.1, 0.15) is 42.0 Å². The molecule has 4 aromatic rings. The van der Waals surface area contributed by atoms with Gasteiger partial charge in [0.05, 0.1) is 11.4 Å². The Morgan fingerprint density at radius 1 is 1.09 bits per heavy atom. The van der Waals surface area contributed by atoms with Crippen LogP contribution in [0.5, 0.6) is 0 Å². The fraction of sp³-hybridized carbons (Fsp3) is 0.182. The monoisotopic (exact) mass is 430 g/mol. The summed E-state index contributed by atoms with van der Waals surface area (Å²) in [5.74, 6) is -0.222. The topological polar surface area (TPSA) is 137 Å². The largest absolute Gasteiger partial charge is 0.378 e. The van der Waals surface area contributed by atoms with Gasteiger partial charge in [0.2, 0.25) is 11.6 Å². The lowest BCUT2D eigenvalue weighted by Crippen LogP contribution is -2.21. The normalized spacial score (nSPS) is 11.5. The van der Waals surface area contributed by atoms with Crippen molar-refractivity contribution in [2.75, 3.05) is 5.73 Å². The molecule has 32 heavy (non-hydrogen) atoms. The number of rotatable bonds is 7. The van der Waals surface area contributed by atoms with Crippen LogP contribution in [0.3, 0.4) is 0 Å². The summed E-state index contributed by atoms with van der Waals surface area (Å²) in [6.45, 7) is 3.80. The zero-order valence-electron chi connectivity index (χ0n) is 17.7. The van der Waals surface area contributed by atoms with E-state index in [4.69, 9.17) is 5.73 Å². The lowest BCUT2D eigenvalue weighted by atomic mass is 10.0. The zero-order chi connectivity index (χ0) is 22.5. The standard InChI is InChI=1S/C22H22N8O2/c1-3-7-18-19(25-29-30(18)21-20(23)27-32-28-21)22(31)26-24-14(2)15-10-12-17(13-11-15)16-8-5-4-6-9-16/h4-6,8-13H,3,7H2,1-2H3,(H2,23,27)(H,26,31)/b24-14+. The average Bonchev–Trinajstić information content (AvgIpc) is 3.44. The van der Waals surface area contributed by atoms with Crippen LogP contribution in [0, 0.1) is 0 Å². The second-order valence-corrected chi connectivity index (χ2v) is 7.10. The van der Waals surface area contributed by atoms with Gasteiger partial charge < -0.3 is 5.73 Å². The third-order valence-electron chi connectivity index (χ3n) is 4.90. The number of nitrogen functional groups attached to an aromatic ring is 1. The molecular weight excluding hydrogens is 408 g/mol. The minimum atomic E-state index is -0.477. The summed E-state index contributed by atoms with van der Waals surface area (Å²) < 4.78 is 6.00. The first kappa shape index (κ1) is 20.9. The number of carbonyl (C=O) groups is 1. The van der Waals surface area contributed by atoms with Gasteiger partial charge in [0, 0.05) is 0 Å². The van der Waals surface area contributed by atoms with Gasteiger partial charge in [0.25, 0.3) is 5.91 Å². The molecule has 0 radical (unpaired) electrons. The molecule has 3 N–H and O–H groups in total. The smallest absolute Gasteiger partial charge is 0.293 e. The molecule has 0 spiro atoms. The predicted octanol–water partition coefficient (Wildman–Crippen LogP) is 3.01. The van der Waals surface area contributed by atoms with Crippen LogP contribution in [-0.4, -0.2) is 36.9 Å². The summed E-state index contributed by atoms with van der Waals surface area (Å²) in [5, 5.41) is 19.5. The van der Waals surface area contributed by atoms with E-state index in [1.807, 2.05) is 56.3 Å². The van der Waals surface area contributed by atoms with E-state index in [2.05, 4.69) is 47.9 Å². The number of nitrogens with two attached hydrogens (primary N) is 1. The Bertz CT molecular complexity index is 1240. The van der Waals surface area contributed by atoms with Crippen molar-refractivity contribution in [2.45, 2.75) is 26.7 Å². The van der Waals surface area contributed by atoms with Gasteiger partial charge in [0.1, 0.15) is 0 Å². The van der Waals surface area contributed by atoms with Crippen molar-refractivity contribution in [3.63, 3.8) is 0 Å². The molecule has 0 unspecified atom stereocenters. The van der Waals surface area contributed by atoms with Crippen molar-refractivity contribution in [1.29, 1.82) is 0 Å². The third kappa shape index (κ3) is 4.24. The van der Waals surface area contributed by atoms with E-state index in [1.54, 1.807) is 0 Å². The van der Waals surface area contributed by atoms with Crippen LogP contribution in [0.4, 0.5) is 5.82 Å². The molecular formula is C22H22N8O2. The number of benzene rings is 2. The molecule has 10 heteroatoms. The minimum absolute atomic E-state index is 0.0621. The van der Waals surface area contributed by atoms with Crippen LogP contribution in [-0.2, 0) is 6.42 Å². The molecule has 0 saturated carbocycles. The molecule has 0 aliphatic carbocycles. The fourth-order valence-electron chi connectivity index (χ4n) is 3.23. The van der Waals surface area contributed by atoms with Gasteiger partial charge in [-0.3, -0.25) is 4.79 Å². The highest BCUT2D eigenvalue weighted by molar-refractivity contribution is 6.01. The number of hydrazone groups is 1. The van der Waals surface area contributed by atoms with E-state index in [0.717, 1.165) is 23.1 Å². The second-order valence-electron chi connectivity index (χ2n) is 7.10. The summed E-state index contributed by atoms with van der Waals surface area (Å²) >= 11 is 0. The molecule has 2 heterocycles. The first-order valence-electron chi connectivity index (χ1n) is 10.1. The number of aromatic nitrogens is 5. The molecule has 4 rings (SSSR count). The number of nitrogens with zero attached hydrogens (tertiary/aromatic N) is 6. The van der Waals surface area contributed by atoms with Crippen LogP contribution < -0.4 is 11.2 Å². The lowest BCUT2D eigenvalue weighted by Gasteiger charge is -2.06. The number of amides is 1. The van der Waals surface area contributed by atoms with Gasteiger partial charge in [-0.1, -0.05) is 73.2 Å². The van der Waals surface area contributed by atoms with E-state index in [0.29, 0.717) is 17.8 Å². The van der Waals surface area contributed by atoms with Gasteiger partial charge in [-0.25, -0.2) is 10.1 Å². The Kier molecular flexibility index (Phi) is 6.02. The highest BCUT2D eigenvalue weighted by atomic mass is 16.6.